The highest BCUT2D eigenvalue weighted by Crippen LogP contribution is 2.03. The smallest absolute Gasteiger partial charge is 0.303 e. The van der Waals surface area contributed by atoms with Gasteiger partial charge in [0.05, 0.1) is 0 Å². The molecule has 11 heavy (non-hydrogen) atoms. The van der Waals surface area contributed by atoms with Crippen LogP contribution in [0.2, 0.25) is 0 Å². The predicted octanol–water partition coefficient (Wildman–Crippen LogP) is 1.24. The van der Waals surface area contributed by atoms with Gasteiger partial charge in [-0.25, -0.2) is 0 Å². The Morgan fingerprint density at radius 2 is 2.27 bits per heavy atom. The summed E-state index contributed by atoms with van der Waals surface area (Å²) in [5.41, 5.74) is 0. The van der Waals surface area contributed by atoms with Crippen molar-refractivity contribution in [2.75, 3.05) is 7.05 Å². The molecule has 0 heterocycles. The number of aliphatic carboxylic acids is 1. The molecule has 0 aliphatic heterocycles. The predicted molar refractivity (Wildman–Crippen MR) is 44.6 cm³/mol. The lowest BCUT2D eigenvalue weighted by Gasteiger charge is -2.11. The lowest BCUT2D eigenvalue weighted by Crippen LogP contribution is -2.24. The minimum Gasteiger partial charge on any atom is -0.481 e. The Kier molecular flexibility index (Phi) is 5.84. The second kappa shape index (κ2) is 6.16. The number of nitrogens with one attached hydrogen (secondary N) is 1. The molecule has 1 unspecified atom stereocenters. The molecular weight excluding hydrogens is 142 g/mol. The summed E-state index contributed by atoms with van der Waals surface area (Å²) in [6.45, 7) is 2.10. The number of carbonyl (C=O) groups is 1. The van der Waals surface area contributed by atoms with Crippen molar-refractivity contribution >= 4 is 5.97 Å². The molecule has 0 spiro atoms. The van der Waals surface area contributed by atoms with Gasteiger partial charge in [-0.15, -0.1) is 0 Å². The van der Waals surface area contributed by atoms with E-state index in [0.717, 1.165) is 19.3 Å². The molecule has 0 bridgehead atoms. The first-order chi connectivity index (χ1) is 5.20. The van der Waals surface area contributed by atoms with Gasteiger partial charge in [-0.1, -0.05) is 6.92 Å². The summed E-state index contributed by atoms with van der Waals surface area (Å²) in [5.74, 6) is -0.698. The van der Waals surface area contributed by atoms with Crippen LogP contribution >= 0.6 is 0 Å². The van der Waals surface area contributed by atoms with Gasteiger partial charge in [-0.05, 0) is 26.3 Å². The van der Waals surface area contributed by atoms with Crippen molar-refractivity contribution in [3.63, 3.8) is 0 Å². The molecule has 0 aliphatic rings. The summed E-state index contributed by atoms with van der Waals surface area (Å²) in [5, 5.41) is 11.5. The molecule has 0 aromatic rings. The van der Waals surface area contributed by atoms with Crippen LogP contribution in [0.4, 0.5) is 0 Å². The van der Waals surface area contributed by atoms with Crippen molar-refractivity contribution in [1.82, 2.24) is 5.32 Å². The quantitative estimate of drug-likeness (QED) is 0.613. The van der Waals surface area contributed by atoms with E-state index < -0.39 is 5.97 Å². The maximum Gasteiger partial charge on any atom is 0.303 e. The molecule has 0 aromatic carbocycles. The fourth-order valence-corrected chi connectivity index (χ4v) is 1.05. The topological polar surface area (TPSA) is 49.3 Å². The number of carboxylic acid groups (broad SMARTS) is 1. The van der Waals surface area contributed by atoms with Crippen LogP contribution in [0.5, 0.6) is 0 Å². The fourth-order valence-electron chi connectivity index (χ4n) is 1.05. The molecule has 0 radical (unpaired) electrons. The van der Waals surface area contributed by atoms with E-state index in [1.807, 2.05) is 7.05 Å². The minimum atomic E-state index is -0.698. The largest absolute Gasteiger partial charge is 0.481 e. The zero-order valence-corrected chi connectivity index (χ0v) is 7.26. The lowest BCUT2D eigenvalue weighted by atomic mass is 10.1. The molecule has 3 nitrogen and oxygen atoms in total. The first-order valence-electron chi connectivity index (χ1n) is 4.09. The molecule has 0 aliphatic carbocycles. The molecular formula is C8H17NO2. The molecule has 0 saturated heterocycles. The van der Waals surface area contributed by atoms with E-state index in [2.05, 4.69) is 12.2 Å². The molecule has 0 aromatic heterocycles. The van der Waals surface area contributed by atoms with E-state index in [9.17, 15) is 4.79 Å². The van der Waals surface area contributed by atoms with E-state index in [-0.39, 0.29) is 6.42 Å². The van der Waals surface area contributed by atoms with Gasteiger partial charge in [0, 0.05) is 12.5 Å². The summed E-state index contributed by atoms with van der Waals surface area (Å²) in [4.78, 5) is 10.1. The molecule has 1 atom stereocenters. The van der Waals surface area contributed by atoms with Crippen molar-refractivity contribution in [2.24, 2.45) is 0 Å². The van der Waals surface area contributed by atoms with Crippen LogP contribution in [-0.2, 0) is 4.79 Å². The van der Waals surface area contributed by atoms with E-state index >= 15 is 0 Å². The summed E-state index contributed by atoms with van der Waals surface area (Å²) in [6, 6.07) is 0.481. The zero-order chi connectivity index (χ0) is 8.69. The third-order valence-electron chi connectivity index (χ3n) is 1.84. The van der Waals surface area contributed by atoms with E-state index in [0.29, 0.717) is 6.04 Å². The zero-order valence-electron chi connectivity index (χ0n) is 7.26. The first kappa shape index (κ1) is 10.4. The molecule has 2 N–H and O–H groups in total. The normalized spacial score (nSPS) is 12.9. The van der Waals surface area contributed by atoms with Crippen LogP contribution in [0.15, 0.2) is 0 Å². The minimum absolute atomic E-state index is 0.290. The van der Waals surface area contributed by atoms with E-state index in [4.69, 9.17) is 5.11 Å². The summed E-state index contributed by atoms with van der Waals surface area (Å²) >= 11 is 0. The highest BCUT2D eigenvalue weighted by Gasteiger charge is 2.03. The van der Waals surface area contributed by atoms with E-state index in [1.54, 1.807) is 0 Å². The van der Waals surface area contributed by atoms with Crippen LogP contribution in [0.25, 0.3) is 0 Å². The van der Waals surface area contributed by atoms with Crippen molar-refractivity contribution in [1.29, 1.82) is 0 Å². The maximum atomic E-state index is 10.1. The van der Waals surface area contributed by atoms with Gasteiger partial charge in [0.2, 0.25) is 0 Å². The maximum absolute atomic E-state index is 10.1. The van der Waals surface area contributed by atoms with Gasteiger partial charge in [-0.2, -0.15) is 0 Å². The van der Waals surface area contributed by atoms with Crippen LogP contribution in [-0.4, -0.2) is 24.2 Å². The molecule has 0 fully saturated rings. The molecule has 0 rings (SSSR count). The summed E-state index contributed by atoms with van der Waals surface area (Å²) < 4.78 is 0. The Labute approximate surface area is 67.8 Å². The monoisotopic (exact) mass is 159 g/mol. The van der Waals surface area contributed by atoms with Crippen molar-refractivity contribution < 1.29 is 9.90 Å². The molecule has 0 saturated carbocycles. The fraction of sp³-hybridized carbons (Fsp3) is 0.875. The van der Waals surface area contributed by atoms with E-state index in [1.165, 1.54) is 0 Å². The second-order valence-electron chi connectivity index (χ2n) is 2.68. The number of hydrogen-bond acceptors (Lipinski definition) is 2. The highest BCUT2D eigenvalue weighted by atomic mass is 16.4. The van der Waals surface area contributed by atoms with Gasteiger partial charge >= 0.3 is 5.97 Å². The molecule has 3 heteroatoms. The standard InChI is InChI=1S/C8H17NO2/c1-3-7(9-2)5-4-6-8(10)11/h7,9H,3-6H2,1-2H3,(H,10,11). The third-order valence-corrected chi connectivity index (χ3v) is 1.84. The summed E-state index contributed by atoms with van der Waals surface area (Å²) in [6.07, 6.45) is 3.09. The molecule has 0 amide bonds. The van der Waals surface area contributed by atoms with Crippen molar-refractivity contribution in [2.45, 2.75) is 38.6 Å². The van der Waals surface area contributed by atoms with Gasteiger partial charge < -0.3 is 10.4 Å². The van der Waals surface area contributed by atoms with Crippen LogP contribution < -0.4 is 5.32 Å². The van der Waals surface area contributed by atoms with Crippen molar-refractivity contribution in [3.05, 3.63) is 0 Å². The van der Waals surface area contributed by atoms with Gasteiger partial charge in [0.25, 0.3) is 0 Å². The number of carboxylic acids is 1. The first-order valence-corrected chi connectivity index (χ1v) is 4.09. The Morgan fingerprint density at radius 3 is 2.64 bits per heavy atom. The van der Waals surface area contributed by atoms with Gasteiger partial charge in [-0.3, -0.25) is 4.79 Å². The van der Waals surface area contributed by atoms with Crippen LogP contribution in [0.1, 0.15) is 32.6 Å². The molecule has 66 valence electrons. The van der Waals surface area contributed by atoms with Gasteiger partial charge in [0.1, 0.15) is 0 Å². The van der Waals surface area contributed by atoms with Crippen molar-refractivity contribution in [3.8, 4) is 0 Å². The average molecular weight is 159 g/mol. The Balaban J connectivity index is 3.28. The number of rotatable bonds is 6. The average Bonchev–Trinajstić information content (AvgIpc) is 1.98. The Hall–Kier alpha value is -0.570. The van der Waals surface area contributed by atoms with Crippen LogP contribution in [0, 0.1) is 0 Å². The van der Waals surface area contributed by atoms with Gasteiger partial charge in [0.15, 0.2) is 0 Å². The lowest BCUT2D eigenvalue weighted by molar-refractivity contribution is -0.137. The van der Waals surface area contributed by atoms with Crippen LogP contribution in [0.3, 0.4) is 0 Å². The Bertz CT molecular complexity index is 111. The summed E-state index contributed by atoms with van der Waals surface area (Å²) in [7, 11) is 1.91. The second-order valence-corrected chi connectivity index (χ2v) is 2.68. The third kappa shape index (κ3) is 5.85. The number of hydrogen-bond donors (Lipinski definition) is 2. The SMILES string of the molecule is CCC(CCCC(=O)O)NC. The highest BCUT2D eigenvalue weighted by molar-refractivity contribution is 5.66. The Morgan fingerprint density at radius 1 is 1.64 bits per heavy atom.